The Balaban J connectivity index is 3.49. The highest BCUT2D eigenvalue weighted by Gasteiger charge is 2.63. The fourth-order valence-electron chi connectivity index (χ4n) is 2.00. The molecule has 0 spiro atoms. The lowest BCUT2D eigenvalue weighted by Gasteiger charge is -2.30. The Morgan fingerprint density at radius 1 is 1.29 bits per heavy atom. The first-order chi connectivity index (χ1) is 11.1. The fourth-order valence-corrected chi connectivity index (χ4v) is 2.00. The number of benzene rings is 1. The third kappa shape index (κ3) is 4.04. The molecule has 134 valence electrons. The van der Waals surface area contributed by atoms with E-state index in [1.807, 2.05) is 0 Å². The van der Waals surface area contributed by atoms with Gasteiger partial charge in [0.2, 0.25) is 5.91 Å². The minimum atomic E-state index is -5.35. The third-order valence-electron chi connectivity index (χ3n) is 3.10. The van der Waals surface area contributed by atoms with Crippen LogP contribution in [-0.4, -0.2) is 43.5 Å². The zero-order chi connectivity index (χ0) is 18.5. The SMILES string of the molecule is CCOC(=O)C(O)(c1cc(C)ccc1NC(=O)COC)C(F)(F)F. The average Bonchev–Trinajstić information content (AvgIpc) is 2.47. The minimum absolute atomic E-state index is 0.349. The maximum atomic E-state index is 13.5. The van der Waals surface area contributed by atoms with Crippen molar-refractivity contribution in [3.8, 4) is 0 Å². The second-order valence-electron chi connectivity index (χ2n) is 4.96. The van der Waals surface area contributed by atoms with Gasteiger partial charge in [0.15, 0.2) is 0 Å². The largest absolute Gasteiger partial charge is 0.463 e. The van der Waals surface area contributed by atoms with Crippen LogP contribution in [0.2, 0.25) is 0 Å². The van der Waals surface area contributed by atoms with Gasteiger partial charge in [0, 0.05) is 18.4 Å². The lowest BCUT2D eigenvalue weighted by molar-refractivity contribution is -0.267. The molecule has 0 aliphatic rings. The van der Waals surface area contributed by atoms with Gasteiger partial charge in [0.1, 0.15) is 6.61 Å². The van der Waals surface area contributed by atoms with Crippen LogP contribution in [0.1, 0.15) is 18.1 Å². The number of carbonyl (C=O) groups excluding carboxylic acids is 2. The lowest BCUT2D eigenvalue weighted by atomic mass is 9.90. The number of nitrogens with one attached hydrogen (secondary N) is 1. The molecule has 1 atom stereocenters. The molecule has 0 fully saturated rings. The summed E-state index contributed by atoms with van der Waals surface area (Å²) < 4.78 is 49.4. The van der Waals surface area contributed by atoms with Crippen molar-refractivity contribution in [1.82, 2.24) is 0 Å². The van der Waals surface area contributed by atoms with Gasteiger partial charge in [0.25, 0.3) is 5.60 Å². The summed E-state index contributed by atoms with van der Waals surface area (Å²) in [7, 11) is 1.24. The van der Waals surface area contributed by atoms with Gasteiger partial charge in [-0.2, -0.15) is 13.2 Å². The van der Waals surface area contributed by atoms with Gasteiger partial charge in [-0.1, -0.05) is 17.7 Å². The molecule has 2 N–H and O–H groups in total. The summed E-state index contributed by atoms with van der Waals surface area (Å²) in [4.78, 5) is 23.5. The Bertz CT molecular complexity index is 618. The molecule has 0 saturated carbocycles. The third-order valence-corrected chi connectivity index (χ3v) is 3.10. The molecule has 9 heteroatoms. The van der Waals surface area contributed by atoms with E-state index in [0.717, 1.165) is 12.1 Å². The number of amides is 1. The van der Waals surface area contributed by atoms with Gasteiger partial charge in [-0.05, 0) is 19.9 Å². The molecule has 24 heavy (non-hydrogen) atoms. The van der Waals surface area contributed by atoms with Crippen LogP contribution in [0.5, 0.6) is 0 Å². The Kier molecular flexibility index (Phi) is 6.33. The average molecular weight is 349 g/mol. The molecule has 1 aromatic rings. The van der Waals surface area contributed by atoms with Crippen LogP contribution >= 0.6 is 0 Å². The Hall–Kier alpha value is -2.13. The number of esters is 1. The van der Waals surface area contributed by atoms with E-state index in [9.17, 15) is 27.9 Å². The molecule has 1 aromatic carbocycles. The minimum Gasteiger partial charge on any atom is -0.463 e. The number of aryl methyl sites for hydroxylation is 1. The molecule has 0 aliphatic carbocycles. The van der Waals surface area contributed by atoms with Crippen molar-refractivity contribution in [1.29, 1.82) is 0 Å². The maximum Gasteiger partial charge on any atom is 0.432 e. The van der Waals surface area contributed by atoms with Crippen molar-refractivity contribution < 1.29 is 37.3 Å². The van der Waals surface area contributed by atoms with E-state index in [1.165, 1.54) is 27.0 Å². The number of alkyl halides is 3. The van der Waals surface area contributed by atoms with Crippen molar-refractivity contribution in [3.05, 3.63) is 29.3 Å². The number of hydrogen-bond acceptors (Lipinski definition) is 5. The molecule has 0 aromatic heterocycles. The summed E-state index contributed by atoms with van der Waals surface area (Å²) in [6.45, 7) is 2.03. The van der Waals surface area contributed by atoms with E-state index in [1.54, 1.807) is 0 Å². The molecule has 0 aliphatic heterocycles. The van der Waals surface area contributed by atoms with E-state index in [4.69, 9.17) is 0 Å². The van der Waals surface area contributed by atoms with E-state index >= 15 is 0 Å². The molecule has 6 nitrogen and oxygen atoms in total. The highest BCUT2D eigenvalue weighted by molar-refractivity contribution is 5.94. The van der Waals surface area contributed by atoms with Gasteiger partial charge in [-0.25, -0.2) is 4.79 Å². The van der Waals surface area contributed by atoms with Crippen LogP contribution in [0, 0.1) is 6.92 Å². The zero-order valence-corrected chi connectivity index (χ0v) is 13.4. The number of hydrogen-bond donors (Lipinski definition) is 2. The first-order valence-corrected chi connectivity index (χ1v) is 6.94. The van der Waals surface area contributed by atoms with Gasteiger partial charge in [-0.3, -0.25) is 4.79 Å². The summed E-state index contributed by atoms with van der Waals surface area (Å²) >= 11 is 0. The summed E-state index contributed by atoms with van der Waals surface area (Å²) in [6, 6.07) is 3.55. The van der Waals surface area contributed by atoms with E-state index < -0.39 is 35.8 Å². The van der Waals surface area contributed by atoms with Crippen molar-refractivity contribution in [3.63, 3.8) is 0 Å². The van der Waals surface area contributed by atoms with Crippen LogP contribution in [0.4, 0.5) is 18.9 Å². The number of rotatable bonds is 6. The van der Waals surface area contributed by atoms with Crippen LogP contribution in [0.25, 0.3) is 0 Å². The normalized spacial score (nSPS) is 14.0. The number of halogens is 3. The first-order valence-electron chi connectivity index (χ1n) is 6.94. The summed E-state index contributed by atoms with van der Waals surface area (Å²) in [6.07, 6.45) is -5.35. The summed E-state index contributed by atoms with van der Waals surface area (Å²) in [5, 5.41) is 12.4. The molecule has 1 rings (SSSR count). The molecule has 0 saturated heterocycles. The molecule has 0 heterocycles. The highest BCUT2D eigenvalue weighted by atomic mass is 19.4. The molecule has 1 unspecified atom stereocenters. The maximum absolute atomic E-state index is 13.5. The van der Waals surface area contributed by atoms with Gasteiger partial charge in [-0.15, -0.1) is 0 Å². The van der Waals surface area contributed by atoms with Crippen LogP contribution in [-0.2, 0) is 24.7 Å². The van der Waals surface area contributed by atoms with Gasteiger partial charge < -0.3 is 19.9 Å². The van der Waals surface area contributed by atoms with Crippen molar-refractivity contribution in [2.75, 3.05) is 25.6 Å². The molecule has 0 bridgehead atoms. The predicted octanol–water partition coefficient (Wildman–Crippen LogP) is 1.89. The number of methoxy groups -OCH3 is 1. The van der Waals surface area contributed by atoms with Crippen LogP contribution in [0.15, 0.2) is 18.2 Å². The van der Waals surface area contributed by atoms with Gasteiger partial charge in [0.05, 0.1) is 6.61 Å². The lowest BCUT2D eigenvalue weighted by Crippen LogP contribution is -2.50. The standard InChI is InChI=1S/C15H18F3NO5/c1-4-24-13(21)14(22,15(16,17)18)10-7-9(2)5-6-11(10)19-12(20)8-23-3/h5-7,22H,4,8H2,1-3H3,(H,19,20). The van der Waals surface area contributed by atoms with Crippen LogP contribution in [0.3, 0.4) is 0 Å². The number of aliphatic hydroxyl groups is 1. The highest BCUT2D eigenvalue weighted by Crippen LogP contribution is 2.43. The second kappa shape index (κ2) is 7.63. The number of carbonyl (C=O) groups is 2. The zero-order valence-electron chi connectivity index (χ0n) is 13.4. The molecular formula is C15H18F3NO5. The summed E-state index contributed by atoms with van der Waals surface area (Å²) in [5.74, 6) is -2.61. The van der Waals surface area contributed by atoms with Crippen LogP contribution < -0.4 is 5.32 Å². The number of ether oxygens (including phenoxy) is 2. The quantitative estimate of drug-likeness (QED) is 0.766. The Morgan fingerprint density at radius 2 is 1.92 bits per heavy atom. The molecular weight excluding hydrogens is 331 g/mol. The van der Waals surface area contributed by atoms with E-state index in [0.29, 0.717) is 5.56 Å². The topological polar surface area (TPSA) is 84.9 Å². The van der Waals surface area contributed by atoms with E-state index in [2.05, 4.69) is 14.8 Å². The fraction of sp³-hybridized carbons (Fsp3) is 0.467. The second-order valence-corrected chi connectivity index (χ2v) is 4.96. The van der Waals surface area contributed by atoms with Gasteiger partial charge >= 0.3 is 12.1 Å². The Morgan fingerprint density at radius 3 is 2.42 bits per heavy atom. The number of anilines is 1. The monoisotopic (exact) mass is 349 g/mol. The Labute approximate surface area is 136 Å². The predicted molar refractivity (Wildman–Crippen MR) is 78.3 cm³/mol. The first kappa shape index (κ1) is 19.9. The van der Waals surface area contributed by atoms with Crippen molar-refractivity contribution in [2.45, 2.75) is 25.6 Å². The molecule has 0 radical (unpaired) electrons. The smallest absolute Gasteiger partial charge is 0.432 e. The van der Waals surface area contributed by atoms with Crippen molar-refractivity contribution >= 4 is 17.6 Å². The van der Waals surface area contributed by atoms with E-state index in [-0.39, 0.29) is 12.3 Å². The molecule has 1 amide bonds. The summed E-state index contributed by atoms with van der Waals surface area (Å²) in [5.41, 5.74) is -4.75. The van der Waals surface area contributed by atoms with Crippen molar-refractivity contribution in [2.24, 2.45) is 0 Å².